The van der Waals surface area contributed by atoms with Crippen molar-refractivity contribution in [2.45, 2.75) is 26.3 Å². The molecule has 0 radical (unpaired) electrons. The molecule has 1 heterocycles. The molecule has 0 unspecified atom stereocenters. The summed E-state index contributed by atoms with van der Waals surface area (Å²) in [6, 6.07) is 10.0. The van der Waals surface area contributed by atoms with Gasteiger partial charge >= 0.3 is 0 Å². The first-order valence-corrected chi connectivity index (χ1v) is 6.79. The van der Waals surface area contributed by atoms with Crippen molar-refractivity contribution in [2.24, 2.45) is 0 Å². The van der Waals surface area contributed by atoms with E-state index in [9.17, 15) is 4.39 Å². The molecule has 2 rings (SSSR count). The predicted octanol–water partition coefficient (Wildman–Crippen LogP) is 3.68. The van der Waals surface area contributed by atoms with E-state index in [1.165, 1.54) is 12.1 Å². The lowest BCUT2D eigenvalue weighted by Crippen LogP contribution is -2.06. The van der Waals surface area contributed by atoms with Gasteiger partial charge in [-0.15, -0.1) is 0 Å². The molecule has 0 saturated heterocycles. The summed E-state index contributed by atoms with van der Waals surface area (Å²) in [7, 11) is 1.90. The van der Waals surface area contributed by atoms with E-state index in [-0.39, 0.29) is 5.82 Å². The Bertz CT molecular complexity index is 548. The lowest BCUT2D eigenvalue weighted by Gasteiger charge is -2.09. The number of aryl methyl sites for hydroxylation is 1. The van der Waals surface area contributed by atoms with Crippen LogP contribution >= 0.6 is 0 Å². The van der Waals surface area contributed by atoms with E-state index >= 15 is 0 Å². The first kappa shape index (κ1) is 14.5. The zero-order chi connectivity index (χ0) is 14.4. The smallest absolute Gasteiger partial charge is 0.219 e. The Labute approximate surface area is 118 Å². The molecule has 0 fully saturated rings. The lowest BCUT2D eigenvalue weighted by atomic mass is 10.1. The lowest BCUT2D eigenvalue weighted by molar-refractivity contribution is 0.455. The van der Waals surface area contributed by atoms with Crippen molar-refractivity contribution in [3.8, 4) is 11.6 Å². The first-order valence-electron chi connectivity index (χ1n) is 6.79. The summed E-state index contributed by atoms with van der Waals surface area (Å²) >= 11 is 0. The van der Waals surface area contributed by atoms with Gasteiger partial charge in [0.2, 0.25) is 5.88 Å². The SMILES string of the molecule is CCCc1cc(CNC)cc(Oc2cccc(F)c2)n1. The molecule has 106 valence electrons. The average molecular weight is 274 g/mol. The molecule has 1 N–H and O–H groups in total. The quantitative estimate of drug-likeness (QED) is 0.872. The van der Waals surface area contributed by atoms with Crippen molar-refractivity contribution in [2.75, 3.05) is 7.05 Å². The predicted molar refractivity (Wildman–Crippen MR) is 77.5 cm³/mol. The molecule has 2 aromatic rings. The number of ether oxygens (including phenoxy) is 1. The highest BCUT2D eigenvalue weighted by Crippen LogP contribution is 2.22. The van der Waals surface area contributed by atoms with Crippen LogP contribution in [0.25, 0.3) is 0 Å². The molecule has 4 heteroatoms. The van der Waals surface area contributed by atoms with Crippen LogP contribution in [0.3, 0.4) is 0 Å². The van der Waals surface area contributed by atoms with E-state index in [0.717, 1.165) is 30.6 Å². The Balaban J connectivity index is 2.25. The number of nitrogens with one attached hydrogen (secondary N) is 1. The maximum absolute atomic E-state index is 13.2. The van der Waals surface area contributed by atoms with Crippen molar-refractivity contribution < 1.29 is 9.13 Å². The molecular weight excluding hydrogens is 255 g/mol. The second-order valence-electron chi connectivity index (χ2n) is 4.64. The van der Waals surface area contributed by atoms with Crippen LogP contribution in [0, 0.1) is 5.82 Å². The normalized spacial score (nSPS) is 10.6. The Hall–Kier alpha value is -1.94. The molecule has 3 nitrogen and oxygen atoms in total. The van der Waals surface area contributed by atoms with E-state index in [1.807, 2.05) is 13.1 Å². The number of hydrogen-bond donors (Lipinski definition) is 1. The van der Waals surface area contributed by atoms with Gasteiger partial charge in [0.05, 0.1) is 0 Å². The fourth-order valence-electron chi connectivity index (χ4n) is 2.01. The highest BCUT2D eigenvalue weighted by Gasteiger charge is 2.05. The third-order valence-corrected chi connectivity index (χ3v) is 2.82. The van der Waals surface area contributed by atoms with E-state index in [1.54, 1.807) is 12.1 Å². The minimum atomic E-state index is -0.317. The van der Waals surface area contributed by atoms with Crippen molar-refractivity contribution in [1.82, 2.24) is 10.3 Å². The van der Waals surface area contributed by atoms with E-state index in [4.69, 9.17) is 4.74 Å². The summed E-state index contributed by atoms with van der Waals surface area (Å²) in [5.74, 6) is 0.649. The Kier molecular flexibility index (Phi) is 5.07. The maximum Gasteiger partial charge on any atom is 0.219 e. The molecule has 0 aliphatic carbocycles. The third-order valence-electron chi connectivity index (χ3n) is 2.82. The van der Waals surface area contributed by atoms with Gasteiger partial charge in [-0.1, -0.05) is 19.4 Å². The summed E-state index contributed by atoms with van der Waals surface area (Å²) in [5, 5.41) is 3.11. The largest absolute Gasteiger partial charge is 0.439 e. The van der Waals surface area contributed by atoms with Crippen LogP contribution in [0.4, 0.5) is 4.39 Å². The van der Waals surface area contributed by atoms with E-state index < -0.39 is 0 Å². The van der Waals surface area contributed by atoms with Crippen LogP contribution in [0.1, 0.15) is 24.6 Å². The topological polar surface area (TPSA) is 34.1 Å². The van der Waals surface area contributed by atoms with Crippen LogP contribution in [0.15, 0.2) is 36.4 Å². The Morgan fingerprint density at radius 1 is 1.25 bits per heavy atom. The molecule has 1 aromatic heterocycles. The monoisotopic (exact) mass is 274 g/mol. The van der Waals surface area contributed by atoms with Crippen LogP contribution in [-0.2, 0) is 13.0 Å². The molecule has 20 heavy (non-hydrogen) atoms. The van der Waals surface area contributed by atoms with Gasteiger partial charge in [0.1, 0.15) is 11.6 Å². The highest BCUT2D eigenvalue weighted by atomic mass is 19.1. The molecular formula is C16H19FN2O. The number of nitrogens with zero attached hydrogens (tertiary/aromatic N) is 1. The van der Waals surface area contributed by atoms with Gasteiger partial charge in [-0.2, -0.15) is 0 Å². The highest BCUT2D eigenvalue weighted by molar-refractivity contribution is 5.31. The minimum Gasteiger partial charge on any atom is -0.439 e. The van der Waals surface area contributed by atoms with E-state index in [0.29, 0.717) is 11.6 Å². The van der Waals surface area contributed by atoms with Gasteiger partial charge in [0, 0.05) is 24.4 Å². The first-order chi connectivity index (χ1) is 9.71. The van der Waals surface area contributed by atoms with Crippen molar-refractivity contribution in [3.05, 3.63) is 53.5 Å². The summed E-state index contributed by atoms with van der Waals surface area (Å²) < 4.78 is 18.8. The number of aromatic nitrogens is 1. The minimum absolute atomic E-state index is 0.317. The molecule has 0 bridgehead atoms. The molecule has 0 atom stereocenters. The number of halogens is 1. The average Bonchev–Trinajstić information content (AvgIpc) is 2.39. The number of hydrogen-bond acceptors (Lipinski definition) is 3. The standard InChI is InChI=1S/C16H19FN2O/c1-3-5-14-8-12(11-18-2)9-16(19-14)20-15-7-4-6-13(17)10-15/h4,6-10,18H,3,5,11H2,1-2H3. The van der Waals surface area contributed by atoms with Crippen LogP contribution in [0.2, 0.25) is 0 Å². The summed E-state index contributed by atoms with van der Waals surface area (Å²) in [6.07, 6.45) is 1.92. The number of benzene rings is 1. The summed E-state index contributed by atoms with van der Waals surface area (Å²) in [4.78, 5) is 4.46. The third kappa shape index (κ3) is 4.03. The van der Waals surface area contributed by atoms with E-state index in [2.05, 4.69) is 23.3 Å². The van der Waals surface area contributed by atoms with Gasteiger partial charge in [-0.05, 0) is 37.2 Å². The summed E-state index contributed by atoms with van der Waals surface area (Å²) in [5.41, 5.74) is 2.10. The van der Waals surface area contributed by atoms with Crippen molar-refractivity contribution >= 4 is 0 Å². The number of pyridine rings is 1. The van der Waals surface area contributed by atoms with Gasteiger partial charge < -0.3 is 10.1 Å². The zero-order valence-electron chi connectivity index (χ0n) is 11.8. The fraction of sp³-hybridized carbons (Fsp3) is 0.312. The second kappa shape index (κ2) is 7.01. The molecule has 0 saturated carbocycles. The number of rotatable bonds is 6. The van der Waals surface area contributed by atoms with Crippen molar-refractivity contribution in [3.63, 3.8) is 0 Å². The van der Waals surface area contributed by atoms with Crippen LogP contribution < -0.4 is 10.1 Å². The fourth-order valence-corrected chi connectivity index (χ4v) is 2.01. The Morgan fingerprint density at radius 2 is 2.10 bits per heavy atom. The molecule has 1 aromatic carbocycles. The van der Waals surface area contributed by atoms with Crippen molar-refractivity contribution in [1.29, 1.82) is 0 Å². The van der Waals surface area contributed by atoms with Crippen LogP contribution in [-0.4, -0.2) is 12.0 Å². The Morgan fingerprint density at radius 3 is 2.80 bits per heavy atom. The molecule has 0 aliphatic rings. The zero-order valence-corrected chi connectivity index (χ0v) is 11.8. The van der Waals surface area contributed by atoms with Gasteiger partial charge in [-0.3, -0.25) is 0 Å². The van der Waals surface area contributed by atoms with Crippen LogP contribution in [0.5, 0.6) is 11.6 Å². The van der Waals surface area contributed by atoms with Gasteiger partial charge in [-0.25, -0.2) is 9.37 Å². The second-order valence-corrected chi connectivity index (χ2v) is 4.64. The van der Waals surface area contributed by atoms with Gasteiger partial charge in [0.15, 0.2) is 0 Å². The summed E-state index contributed by atoms with van der Waals surface area (Å²) in [6.45, 7) is 2.86. The van der Waals surface area contributed by atoms with Gasteiger partial charge in [0.25, 0.3) is 0 Å². The maximum atomic E-state index is 13.2. The molecule has 0 aliphatic heterocycles. The molecule has 0 spiro atoms. The molecule has 0 amide bonds.